The van der Waals surface area contributed by atoms with Gasteiger partial charge in [-0.25, -0.2) is 4.98 Å². The molecule has 0 atom stereocenters. The van der Waals surface area contributed by atoms with Gasteiger partial charge in [-0.3, -0.25) is 9.59 Å². The zero-order chi connectivity index (χ0) is 23.2. The Morgan fingerprint density at radius 1 is 0.971 bits per heavy atom. The summed E-state index contributed by atoms with van der Waals surface area (Å²) in [4.78, 5) is 33.4. The molecule has 2 aromatic heterocycles. The maximum absolute atomic E-state index is 13.5. The molecule has 1 aliphatic heterocycles. The maximum Gasteiger partial charge on any atom is 0.256 e. The molecule has 0 radical (unpaired) electrons. The predicted molar refractivity (Wildman–Crippen MR) is 140 cm³/mol. The summed E-state index contributed by atoms with van der Waals surface area (Å²) in [7, 11) is 0. The van der Waals surface area contributed by atoms with Crippen molar-refractivity contribution in [1.29, 1.82) is 0 Å². The number of nitrogens with zero attached hydrogens (tertiary/aromatic N) is 2. The summed E-state index contributed by atoms with van der Waals surface area (Å²) >= 11 is 3.20. The summed E-state index contributed by atoms with van der Waals surface area (Å²) in [6, 6.07) is 21.8. The first-order valence-corrected chi connectivity index (χ1v) is 12.8. The second-order valence-corrected chi connectivity index (χ2v) is 10.5. The van der Waals surface area contributed by atoms with Crippen LogP contribution in [0.4, 0.5) is 5.00 Å². The number of carbonyl (C=O) groups is 2. The van der Waals surface area contributed by atoms with E-state index in [1.165, 1.54) is 5.56 Å². The Balaban J connectivity index is 1.46. The van der Waals surface area contributed by atoms with Gasteiger partial charge in [-0.1, -0.05) is 48.5 Å². The monoisotopic (exact) mass is 483 g/mol. The van der Waals surface area contributed by atoms with Crippen LogP contribution in [-0.4, -0.2) is 28.2 Å². The number of hydrogen-bond donors (Lipinski definition) is 1. The highest BCUT2D eigenvalue weighted by Crippen LogP contribution is 2.46. The molecule has 1 aliphatic rings. The molecule has 2 amide bonds. The van der Waals surface area contributed by atoms with Crippen molar-refractivity contribution in [3.8, 4) is 10.6 Å². The zero-order valence-corrected chi connectivity index (χ0v) is 20.1. The fourth-order valence-electron chi connectivity index (χ4n) is 4.56. The van der Waals surface area contributed by atoms with Gasteiger partial charge in [0.25, 0.3) is 5.91 Å². The molecule has 0 saturated heterocycles. The van der Waals surface area contributed by atoms with E-state index in [9.17, 15) is 9.59 Å². The Labute approximate surface area is 204 Å². The first-order valence-electron chi connectivity index (χ1n) is 11.1. The Kier molecular flexibility index (Phi) is 5.16. The van der Waals surface area contributed by atoms with Crippen molar-refractivity contribution in [3.05, 3.63) is 82.7 Å². The van der Waals surface area contributed by atoms with Crippen LogP contribution < -0.4 is 5.32 Å². The topological polar surface area (TPSA) is 62.3 Å². The molecule has 0 fully saturated rings. The molecule has 0 aliphatic carbocycles. The van der Waals surface area contributed by atoms with E-state index in [2.05, 4.69) is 11.4 Å². The van der Waals surface area contributed by atoms with Crippen LogP contribution in [0.2, 0.25) is 0 Å². The van der Waals surface area contributed by atoms with E-state index in [4.69, 9.17) is 4.98 Å². The molecule has 3 aromatic carbocycles. The fraction of sp³-hybridized carbons (Fsp3) is 0.148. The molecule has 1 N–H and O–H groups in total. The smallest absolute Gasteiger partial charge is 0.256 e. The van der Waals surface area contributed by atoms with Crippen molar-refractivity contribution >= 4 is 60.5 Å². The number of thiophene rings is 1. The number of benzene rings is 3. The van der Waals surface area contributed by atoms with Crippen molar-refractivity contribution in [2.24, 2.45) is 0 Å². The Hall–Kier alpha value is -3.55. The van der Waals surface area contributed by atoms with Gasteiger partial charge in [0.1, 0.15) is 10.0 Å². The van der Waals surface area contributed by atoms with Crippen LogP contribution in [0.25, 0.3) is 31.6 Å². The van der Waals surface area contributed by atoms with Gasteiger partial charge in [0, 0.05) is 29.5 Å². The second kappa shape index (κ2) is 8.34. The highest BCUT2D eigenvalue weighted by atomic mass is 32.1. The molecule has 0 spiro atoms. The van der Waals surface area contributed by atoms with E-state index >= 15 is 0 Å². The molecule has 168 valence electrons. The van der Waals surface area contributed by atoms with Gasteiger partial charge < -0.3 is 10.2 Å². The molecule has 34 heavy (non-hydrogen) atoms. The number of para-hydroxylation sites is 1. The minimum atomic E-state index is -0.138. The average molecular weight is 484 g/mol. The average Bonchev–Trinajstić information content (AvgIpc) is 3.43. The Morgan fingerprint density at radius 2 is 1.76 bits per heavy atom. The number of anilines is 1. The van der Waals surface area contributed by atoms with E-state index in [1.54, 1.807) is 29.6 Å². The van der Waals surface area contributed by atoms with E-state index in [0.29, 0.717) is 18.7 Å². The minimum Gasteiger partial charge on any atom is -0.337 e. The second-order valence-electron chi connectivity index (χ2n) is 8.37. The quantitative estimate of drug-likeness (QED) is 0.326. The normalized spacial score (nSPS) is 13.3. The maximum atomic E-state index is 13.5. The van der Waals surface area contributed by atoms with Gasteiger partial charge in [-0.05, 0) is 41.0 Å². The fourth-order valence-corrected chi connectivity index (χ4v) is 6.93. The van der Waals surface area contributed by atoms with Crippen molar-refractivity contribution in [1.82, 2.24) is 9.88 Å². The largest absolute Gasteiger partial charge is 0.337 e. The SMILES string of the molecule is CC(=O)N1CCc2c(sc(NC(=O)c3cccc4ccccc34)c2-c2nc3ccccc3s2)C1. The molecular formula is C27H21N3O2S2. The van der Waals surface area contributed by atoms with E-state index in [1.807, 2.05) is 65.6 Å². The van der Waals surface area contributed by atoms with Gasteiger partial charge in [0.05, 0.1) is 16.8 Å². The number of aromatic nitrogens is 1. The molecule has 0 saturated carbocycles. The molecule has 5 nitrogen and oxygen atoms in total. The first-order chi connectivity index (χ1) is 16.6. The van der Waals surface area contributed by atoms with Gasteiger partial charge in [0.15, 0.2) is 0 Å². The van der Waals surface area contributed by atoms with E-state index < -0.39 is 0 Å². The van der Waals surface area contributed by atoms with Gasteiger partial charge >= 0.3 is 0 Å². The van der Waals surface area contributed by atoms with Crippen LogP contribution in [-0.2, 0) is 17.8 Å². The van der Waals surface area contributed by atoms with Gasteiger partial charge in [-0.15, -0.1) is 22.7 Å². The number of fused-ring (bicyclic) bond motifs is 3. The summed E-state index contributed by atoms with van der Waals surface area (Å²) in [6.07, 6.45) is 0.751. The minimum absolute atomic E-state index is 0.0712. The summed E-state index contributed by atoms with van der Waals surface area (Å²) in [5, 5.41) is 6.87. The van der Waals surface area contributed by atoms with Crippen LogP contribution in [0.1, 0.15) is 27.7 Å². The highest BCUT2D eigenvalue weighted by molar-refractivity contribution is 7.23. The molecule has 7 heteroatoms. The van der Waals surface area contributed by atoms with Crippen LogP contribution in [0, 0.1) is 0 Å². The molecule has 3 heterocycles. The number of carbonyl (C=O) groups excluding carboxylic acids is 2. The van der Waals surface area contributed by atoms with Crippen molar-refractivity contribution < 1.29 is 9.59 Å². The van der Waals surface area contributed by atoms with Crippen molar-refractivity contribution in [3.63, 3.8) is 0 Å². The van der Waals surface area contributed by atoms with E-state index in [-0.39, 0.29) is 11.8 Å². The van der Waals surface area contributed by atoms with Crippen molar-refractivity contribution in [2.75, 3.05) is 11.9 Å². The third kappa shape index (κ3) is 3.57. The lowest BCUT2D eigenvalue weighted by Gasteiger charge is -2.26. The number of hydrogen-bond acceptors (Lipinski definition) is 5. The lowest BCUT2D eigenvalue weighted by Crippen LogP contribution is -2.33. The number of nitrogens with one attached hydrogen (secondary N) is 1. The number of thiazole rings is 1. The summed E-state index contributed by atoms with van der Waals surface area (Å²) < 4.78 is 1.12. The molecule has 6 rings (SSSR count). The zero-order valence-electron chi connectivity index (χ0n) is 18.5. The number of amides is 2. The summed E-state index contributed by atoms with van der Waals surface area (Å²) in [5.74, 6) is -0.0666. The third-order valence-corrected chi connectivity index (χ3v) is 8.46. The van der Waals surface area contributed by atoms with Gasteiger partial charge in [-0.2, -0.15) is 0 Å². The van der Waals surface area contributed by atoms with Crippen molar-refractivity contribution in [2.45, 2.75) is 19.9 Å². The summed E-state index contributed by atoms with van der Waals surface area (Å²) in [6.45, 7) is 2.85. The molecule has 0 bridgehead atoms. The van der Waals surface area contributed by atoms with Crippen LogP contribution in [0.5, 0.6) is 0 Å². The Bertz CT molecular complexity index is 1550. The van der Waals surface area contributed by atoms with E-state index in [0.717, 1.165) is 47.9 Å². The lowest BCUT2D eigenvalue weighted by molar-refractivity contribution is -0.129. The lowest BCUT2D eigenvalue weighted by atomic mass is 10.0. The van der Waals surface area contributed by atoms with Crippen LogP contribution in [0.15, 0.2) is 66.7 Å². The standard InChI is InChI=1S/C27H21N3O2S2/c1-16(31)30-14-13-20-23(15-30)34-27(24(20)26-28-21-11-4-5-12-22(21)33-26)29-25(32)19-10-6-8-17-7-2-3-9-18(17)19/h2-12H,13-15H2,1H3,(H,29,32). The molecule has 0 unspecified atom stereocenters. The molecule has 5 aromatic rings. The Morgan fingerprint density at radius 3 is 2.62 bits per heavy atom. The van der Waals surface area contributed by atoms with Crippen LogP contribution >= 0.6 is 22.7 Å². The number of rotatable bonds is 3. The third-order valence-electron chi connectivity index (χ3n) is 6.27. The molecular weight excluding hydrogens is 462 g/mol. The van der Waals surface area contributed by atoms with Gasteiger partial charge in [0.2, 0.25) is 5.91 Å². The van der Waals surface area contributed by atoms with Crippen LogP contribution in [0.3, 0.4) is 0 Å². The summed E-state index contributed by atoms with van der Waals surface area (Å²) in [5.41, 5.74) is 3.79. The predicted octanol–water partition coefficient (Wildman–Crippen LogP) is 6.33. The first kappa shape index (κ1) is 21.0. The highest BCUT2D eigenvalue weighted by Gasteiger charge is 2.29.